The van der Waals surface area contributed by atoms with Crippen LogP contribution in [0.25, 0.3) is 76.8 Å². The van der Waals surface area contributed by atoms with Gasteiger partial charge < -0.3 is 9.80 Å². The van der Waals surface area contributed by atoms with Crippen LogP contribution >= 0.6 is 0 Å². The van der Waals surface area contributed by atoms with Gasteiger partial charge in [0.05, 0.1) is 11.4 Å². The highest BCUT2D eigenvalue weighted by Crippen LogP contribution is 2.48. The lowest BCUT2D eigenvalue weighted by molar-refractivity contribution is 0.630. The Morgan fingerprint density at radius 1 is 0.306 bits per heavy atom. The second kappa shape index (κ2) is 17.5. The number of nitrogens with zero attached hydrogens (tertiary/aromatic N) is 2. The third-order valence-electron chi connectivity index (χ3n) is 14.9. The lowest BCUT2D eigenvalue weighted by Crippen LogP contribution is -2.55. The van der Waals surface area contributed by atoms with Crippen LogP contribution in [0.2, 0.25) is 13.1 Å². The van der Waals surface area contributed by atoms with Crippen LogP contribution in [-0.4, -0.2) is 8.07 Å². The first-order chi connectivity index (χ1) is 35.4. The molecular weight excluding hydrogens is 892 g/mol. The fourth-order valence-electron chi connectivity index (χ4n) is 11.4. The Labute approximate surface area is 421 Å². The van der Waals surface area contributed by atoms with Gasteiger partial charge in [-0.2, -0.15) is 0 Å². The van der Waals surface area contributed by atoms with E-state index in [2.05, 4.69) is 211 Å². The van der Waals surface area contributed by atoms with E-state index in [-0.39, 0.29) is 5.82 Å². The zero-order valence-corrected chi connectivity index (χ0v) is 41.1. The van der Waals surface area contributed by atoms with E-state index in [9.17, 15) is 0 Å². The SMILES string of the molecule is C[Si]1(C)c2cc(-c3ccc(N(c4ccccc4)c4c(F)cc(-c5ccccc5)cc4-c4ccccc4)cc3)ccc2-c2cc3c4ccccc4c(N(c4ccccc4)c4ccccc4)cc3c3cccc1c23. The average Bonchev–Trinajstić information content (AvgIpc) is 3.44. The molecule has 0 atom stereocenters. The Balaban J connectivity index is 0.939. The molecule has 0 aliphatic carbocycles. The molecule has 0 N–H and O–H groups in total. The number of hydrogen-bond acceptors (Lipinski definition) is 2. The number of benzene rings is 12. The van der Waals surface area contributed by atoms with Crippen molar-refractivity contribution in [3.8, 4) is 44.5 Å². The number of hydrogen-bond donors (Lipinski definition) is 0. The van der Waals surface area contributed by atoms with E-state index in [0.717, 1.165) is 56.3 Å². The molecule has 2 nitrogen and oxygen atoms in total. The summed E-state index contributed by atoms with van der Waals surface area (Å²) in [5, 5.41) is 10.5. The van der Waals surface area contributed by atoms with E-state index in [0.29, 0.717) is 5.69 Å². The van der Waals surface area contributed by atoms with Crippen molar-refractivity contribution in [2.24, 2.45) is 0 Å². The topological polar surface area (TPSA) is 6.48 Å². The Kier molecular flexibility index (Phi) is 10.5. The summed E-state index contributed by atoms with van der Waals surface area (Å²) in [5.41, 5.74) is 14.1. The van der Waals surface area contributed by atoms with Crippen LogP contribution in [0.1, 0.15) is 0 Å². The highest BCUT2D eigenvalue weighted by Gasteiger charge is 2.36. The highest BCUT2D eigenvalue weighted by molar-refractivity contribution is 7.03. The molecule has 0 spiro atoms. The van der Waals surface area contributed by atoms with Gasteiger partial charge in [-0.05, 0) is 149 Å². The van der Waals surface area contributed by atoms with Crippen LogP contribution in [-0.2, 0) is 0 Å². The minimum atomic E-state index is -2.26. The molecule has 12 aromatic rings. The summed E-state index contributed by atoms with van der Waals surface area (Å²) >= 11 is 0. The van der Waals surface area contributed by atoms with Gasteiger partial charge in [0.1, 0.15) is 13.9 Å². The second-order valence-corrected chi connectivity index (χ2v) is 23.7. The predicted octanol–water partition coefficient (Wildman–Crippen LogP) is 18.0. The number of fused-ring (bicyclic) bond motifs is 6. The van der Waals surface area contributed by atoms with E-state index >= 15 is 4.39 Å². The summed E-state index contributed by atoms with van der Waals surface area (Å²) in [6.07, 6.45) is 0. The molecule has 0 bridgehead atoms. The smallest absolute Gasteiger partial charge is 0.148 e. The van der Waals surface area contributed by atoms with Gasteiger partial charge in [-0.15, -0.1) is 0 Å². The Bertz CT molecular complexity index is 3950. The first-order valence-corrected chi connectivity index (χ1v) is 27.8. The van der Waals surface area contributed by atoms with Crippen LogP contribution in [0.3, 0.4) is 0 Å². The van der Waals surface area contributed by atoms with E-state index in [1.54, 1.807) is 6.07 Å². The minimum Gasteiger partial charge on any atom is -0.310 e. The first-order valence-electron chi connectivity index (χ1n) is 24.8. The standard InChI is InChI=1S/C68H49FN2Si/c1-72(2)65-34-20-33-58-61-45-64(70(51-25-12-5-13-26-51)52-27-14-6-15-28-52)56-32-19-18-31-55(56)60(61)44-62(67(58)65)57-40-37-49(43-66(57)72)47-35-38-54(39-36-47)71(53-29-16-7-17-30-53)68-59(48-23-10-4-11-24-48)41-50(42-63(68)69)46-21-8-3-9-22-46/h3-45H,1-2H3. The van der Waals surface area contributed by atoms with E-state index in [4.69, 9.17) is 0 Å². The summed E-state index contributed by atoms with van der Waals surface area (Å²) < 4.78 is 17.2. The molecule has 13 rings (SSSR count). The molecule has 0 fully saturated rings. The van der Waals surface area contributed by atoms with Crippen molar-refractivity contribution in [2.45, 2.75) is 13.1 Å². The van der Waals surface area contributed by atoms with Crippen LogP contribution in [0.4, 0.5) is 38.5 Å². The summed E-state index contributed by atoms with van der Waals surface area (Å²) in [5.74, 6) is -0.289. The molecule has 0 unspecified atom stereocenters. The fraction of sp³-hybridized carbons (Fsp3) is 0.0294. The van der Waals surface area contributed by atoms with Crippen LogP contribution in [0.15, 0.2) is 261 Å². The molecule has 72 heavy (non-hydrogen) atoms. The van der Waals surface area contributed by atoms with E-state index in [1.807, 2.05) is 66.7 Å². The van der Waals surface area contributed by atoms with E-state index in [1.165, 1.54) is 59.4 Å². The zero-order valence-electron chi connectivity index (χ0n) is 40.1. The molecule has 0 saturated heterocycles. The van der Waals surface area contributed by atoms with Gasteiger partial charge in [0.2, 0.25) is 0 Å². The van der Waals surface area contributed by atoms with Crippen molar-refractivity contribution < 1.29 is 4.39 Å². The number of rotatable bonds is 9. The maximum Gasteiger partial charge on any atom is 0.148 e. The maximum absolute atomic E-state index is 17.2. The summed E-state index contributed by atoms with van der Waals surface area (Å²) in [7, 11) is -2.26. The van der Waals surface area contributed by atoms with Gasteiger partial charge in [0.15, 0.2) is 0 Å². The summed E-state index contributed by atoms with van der Waals surface area (Å²) in [6.45, 7) is 5.03. The van der Waals surface area contributed by atoms with E-state index < -0.39 is 8.07 Å². The van der Waals surface area contributed by atoms with Crippen molar-refractivity contribution in [3.63, 3.8) is 0 Å². The molecule has 1 heterocycles. The Morgan fingerprint density at radius 3 is 1.44 bits per heavy atom. The summed E-state index contributed by atoms with van der Waals surface area (Å²) in [6, 6.07) is 92.2. The van der Waals surface area contributed by atoms with Gasteiger partial charge >= 0.3 is 0 Å². The van der Waals surface area contributed by atoms with Crippen molar-refractivity contribution in [1.29, 1.82) is 0 Å². The maximum atomic E-state index is 17.2. The zero-order chi connectivity index (χ0) is 48.3. The predicted molar refractivity (Wildman–Crippen MR) is 307 cm³/mol. The average molecular weight is 941 g/mol. The molecule has 0 radical (unpaired) electrons. The molecule has 0 aromatic heterocycles. The van der Waals surface area contributed by atoms with Crippen LogP contribution in [0.5, 0.6) is 0 Å². The van der Waals surface area contributed by atoms with Crippen molar-refractivity contribution in [3.05, 3.63) is 267 Å². The van der Waals surface area contributed by atoms with Gasteiger partial charge in [-0.3, -0.25) is 0 Å². The molecule has 1 aliphatic heterocycles. The third kappa shape index (κ3) is 7.22. The first kappa shape index (κ1) is 43.2. The largest absolute Gasteiger partial charge is 0.310 e. The number of halogens is 1. The normalized spacial score (nSPS) is 12.5. The summed E-state index contributed by atoms with van der Waals surface area (Å²) in [4.78, 5) is 4.47. The van der Waals surface area contributed by atoms with Gasteiger partial charge in [-0.25, -0.2) is 4.39 Å². The Hall–Kier alpha value is -8.83. The van der Waals surface area contributed by atoms with Crippen molar-refractivity contribution in [1.82, 2.24) is 0 Å². The third-order valence-corrected chi connectivity index (χ3v) is 18.4. The van der Waals surface area contributed by atoms with Crippen LogP contribution < -0.4 is 20.2 Å². The van der Waals surface area contributed by atoms with Gasteiger partial charge in [0, 0.05) is 33.7 Å². The molecule has 12 aromatic carbocycles. The molecule has 0 amide bonds. The highest BCUT2D eigenvalue weighted by atomic mass is 28.3. The minimum absolute atomic E-state index is 0.289. The van der Waals surface area contributed by atoms with Gasteiger partial charge in [0.25, 0.3) is 0 Å². The lowest BCUT2D eigenvalue weighted by Gasteiger charge is -2.35. The molecular formula is C68H49FN2Si. The molecule has 4 heteroatoms. The Morgan fingerprint density at radius 2 is 0.806 bits per heavy atom. The second-order valence-electron chi connectivity index (χ2n) is 19.4. The number of para-hydroxylation sites is 3. The van der Waals surface area contributed by atoms with Crippen LogP contribution in [0, 0.1) is 5.82 Å². The number of anilines is 6. The van der Waals surface area contributed by atoms with Crippen molar-refractivity contribution in [2.75, 3.05) is 9.80 Å². The molecule has 1 aliphatic rings. The molecule has 0 saturated carbocycles. The van der Waals surface area contributed by atoms with Gasteiger partial charge in [-0.1, -0.05) is 201 Å². The lowest BCUT2D eigenvalue weighted by atomic mass is 9.89. The monoisotopic (exact) mass is 940 g/mol. The quantitative estimate of drug-likeness (QED) is 0.105. The molecule has 342 valence electrons. The van der Waals surface area contributed by atoms with Crippen molar-refractivity contribution >= 4 is 84.9 Å². The fourth-order valence-corrected chi connectivity index (χ4v) is 14.5.